The molecule has 3 aliphatic heterocycles. The molecule has 8 rings (SSSR count). The molecule has 44 heavy (non-hydrogen) atoms. The number of carbonyl (C=O) groups excluding carboxylic acids is 4. The molecule has 1 saturated carbocycles. The van der Waals surface area contributed by atoms with E-state index in [-0.39, 0.29) is 29.7 Å². The Kier molecular flexibility index (Phi) is 6.15. The van der Waals surface area contributed by atoms with Crippen molar-refractivity contribution in [2.75, 3.05) is 18.0 Å². The summed E-state index contributed by atoms with van der Waals surface area (Å²) in [6, 6.07) is 13.4. The van der Waals surface area contributed by atoms with Crippen LogP contribution < -0.4 is 10.2 Å². The van der Waals surface area contributed by atoms with E-state index in [1.54, 1.807) is 4.90 Å². The fraction of sp³-hybridized carbons (Fsp3) is 0.400. The summed E-state index contributed by atoms with van der Waals surface area (Å²) in [4.78, 5) is 59.7. The van der Waals surface area contributed by atoms with Gasteiger partial charge in [-0.1, -0.05) is 31.5 Å². The topological polar surface area (TPSA) is 105 Å². The molecule has 0 radical (unpaired) electrons. The first-order chi connectivity index (χ1) is 21.3. The van der Waals surface area contributed by atoms with E-state index in [0.717, 1.165) is 78.3 Å². The van der Waals surface area contributed by atoms with Crippen molar-refractivity contribution in [2.24, 2.45) is 5.41 Å². The number of pyridine rings is 1. The SMILES string of the molecule is CC1(C(=O)N2CCC(n3cc(Cc4ccc5c6c(cccc46)C(=O)N5C4CCC(=O)NC4=O)c4cccnc43)CC2)CCC1. The molecule has 1 N–H and O–H groups in total. The van der Waals surface area contributed by atoms with Crippen LogP contribution >= 0.6 is 0 Å². The first-order valence-corrected chi connectivity index (χ1v) is 15.8. The molecular formula is C35H35N5O4. The van der Waals surface area contributed by atoms with Gasteiger partial charge < -0.3 is 9.47 Å². The van der Waals surface area contributed by atoms with E-state index in [2.05, 4.69) is 40.0 Å². The second-order valence-electron chi connectivity index (χ2n) is 13.2. The molecule has 1 aliphatic carbocycles. The van der Waals surface area contributed by atoms with Gasteiger partial charge in [0.2, 0.25) is 17.7 Å². The highest BCUT2D eigenvalue weighted by Crippen LogP contribution is 2.44. The summed E-state index contributed by atoms with van der Waals surface area (Å²) < 4.78 is 2.31. The Hall–Kier alpha value is -4.53. The van der Waals surface area contributed by atoms with E-state index in [9.17, 15) is 19.2 Å². The third kappa shape index (κ3) is 4.08. The predicted octanol–water partition coefficient (Wildman–Crippen LogP) is 4.90. The van der Waals surface area contributed by atoms with E-state index in [1.165, 1.54) is 5.56 Å². The van der Waals surface area contributed by atoms with Crippen LogP contribution in [0.2, 0.25) is 0 Å². The average Bonchev–Trinajstić information content (AvgIpc) is 3.53. The minimum Gasteiger partial charge on any atom is -0.342 e. The maximum atomic E-state index is 13.6. The molecule has 0 bridgehead atoms. The highest BCUT2D eigenvalue weighted by molar-refractivity contribution is 6.27. The molecule has 1 unspecified atom stereocenters. The summed E-state index contributed by atoms with van der Waals surface area (Å²) in [5.41, 5.74) is 4.38. The number of rotatable bonds is 5. The molecule has 2 aromatic heterocycles. The van der Waals surface area contributed by atoms with Gasteiger partial charge in [0.1, 0.15) is 11.7 Å². The highest BCUT2D eigenvalue weighted by Gasteiger charge is 2.43. The lowest BCUT2D eigenvalue weighted by molar-refractivity contribution is -0.147. The van der Waals surface area contributed by atoms with Crippen LogP contribution in [0.3, 0.4) is 0 Å². The van der Waals surface area contributed by atoms with Crippen LogP contribution in [0.1, 0.15) is 79.4 Å². The minimum absolute atomic E-state index is 0.162. The number of anilines is 1. The van der Waals surface area contributed by atoms with Crippen molar-refractivity contribution in [1.82, 2.24) is 19.8 Å². The number of amides is 4. The fourth-order valence-electron chi connectivity index (χ4n) is 7.88. The summed E-state index contributed by atoms with van der Waals surface area (Å²) in [5.74, 6) is -0.603. The summed E-state index contributed by atoms with van der Waals surface area (Å²) in [6.07, 6.45) is 10.2. The molecule has 5 heterocycles. The monoisotopic (exact) mass is 589 g/mol. The normalized spacial score (nSPS) is 21.7. The van der Waals surface area contributed by atoms with Crippen molar-refractivity contribution in [3.05, 3.63) is 71.5 Å². The minimum atomic E-state index is -0.705. The van der Waals surface area contributed by atoms with Gasteiger partial charge in [-0.05, 0) is 72.9 Å². The van der Waals surface area contributed by atoms with Crippen LogP contribution in [0.4, 0.5) is 5.69 Å². The average molecular weight is 590 g/mol. The van der Waals surface area contributed by atoms with Crippen LogP contribution in [0.15, 0.2) is 54.9 Å². The first kappa shape index (κ1) is 27.0. The largest absolute Gasteiger partial charge is 0.342 e. The van der Waals surface area contributed by atoms with E-state index >= 15 is 0 Å². The number of likely N-dealkylation sites (tertiary alicyclic amines) is 1. The maximum Gasteiger partial charge on any atom is 0.259 e. The molecule has 3 fully saturated rings. The number of hydrogen-bond acceptors (Lipinski definition) is 5. The number of benzene rings is 2. The predicted molar refractivity (Wildman–Crippen MR) is 166 cm³/mol. The number of carbonyl (C=O) groups is 4. The van der Waals surface area contributed by atoms with Gasteiger partial charge in [-0.15, -0.1) is 0 Å². The van der Waals surface area contributed by atoms with Gasteiger partial charge in [-0.3, -0.25) is 29.4 Å². The standard InChI is InChI=1S/C35H35N5O4/c1-35(14-4-15-35)34(44)38-17-12-23(13-18-38)39-20-22(25-7-3-16-36-31(25)39)19-21-8-9-27-30-24(21)5-2-6-26(30)33(43)40(27)28-10-11-29(41)37-32(28)42/h2-3,5-9,16,20,23,28H,4,10-15,17-19H2,1H3,(H,37,41,42). The first-order valence-electron chi connectivity index (χ1n) is 15.8. The Balaban J connectivity index is 1.10. The number of imide groups is 1. The smallest absolute Gasteiger partial charge is 0.259 e. The number of piperidine rings is 2. The van der Waals surface area contributed by atoms with E-state index < -0.39 is 11.9 Å². The van der Waals surface area contributed by atoms with Gasteiger partial charge in [-0.2, -0.15) is 0 Å². The lowest BCUT2D eigenvalue weighted by Gasteiger charge is -2.43. The Bertz CT molecular complexity index is 1880. The third-order valence-electron chi connectivity index (χ3n) is 10.5. The second kappa shape index (κ2) is 10.0. The molecule has 4 aliphatic rings. The van der Waals surface area contributed by atoms with Crippen molar-refractivity contribution in [3.8, 4) is 0 Å². The number of nitrogens with zero attached hydrogens (tertiary/aromatic N) is 4. The molecule has 4 aromatic rings. The third-order valence-corrected chi connectivity index (χ3v) is 10.5. The van der Waals surface area contributed by atoms with Crippen LogP contribution in [-0.4, -0.2) is 57.2 Å². The lowest BCUT2D eigenvalue weighted by Crippen LogP contribution is -2.53. The summed E-state index contributed by atoms with van der Waals surface area (Å²) >= 11 is 0. The van der Waals surface area contributed by atoms with Crippen LogP contribution in [0.25, 0.3) is 21.8 Å². The zero-order valence-corrected chi connectivity index (χ0v) is 24.8. The van der Waals surface area contributed by atoms with Gasteiger partial charge in [-0.25, -0.2) is 4.98 Å². The summed E-state index contributed by atoms with van der Waals surface area (Å²) in [6.45, 7) is 3.66. The highest BCUT2D eigenvalue weighted by atomic mass is 16.2. The maximum absolute atomic E-state index is 13.6. The van der Waals surface area contributed by atoms with Gasteiger partial charge in [0.25, 0.3) is 5.91 Å². The molecule has 0 spiro atoms. The van der Waals surface area contributed by atoms with Crippen molar-refractivity contribution < 1.29 is 19.2 Å². The summed E-state index contributed by atoms with van der Waals surface area (Å²) in [7, 11) is 0. The van der Waals surface area contributed by atoms with Crippen LogP contribution in [-0.2, 0) is 20.8 Å². The molecule has 2 saturated heterocycles. The van der Waals surface area contributed by atoms with Crippen LogP contribution in [0.5, 0.6) is 0 Å². The van der Waals surface area contributed by atoms with Crippen LogP contribution in [0, 0.1) is 5.41 Å². The Labute approximate surface area is 255 Å². The Morgan fingerprint density at radius 2 is 1.77 bits per heavy atom. The van der Waals surface area contributed by atoms with Crippen molar-refractivity contribution in [2.45, 2.75) is 70.4 Å². The number of aromatic nitrogens is 2. The van der Waals surface area contributed by atoms with Crippen molar-refractivity contribution in [1.29, 1.82) is 0 Å². The van der Waals surface area contributed by atoms with Crippen molar-refractivity contribution >= 4 is 51.1 Å². The van der Waals surface area contributed by atoms with Gasteiger partial charge in [0.15, 0.2) is 0 Å². The zero-order chi connectivity index (χ0) is 30.2. The Morgan fingerprint density at radius 3 is 2.52 bits per heavy atom. The number of hydrogen-bond donors (Lipinski definition) is 1. The Morgan fingerprint density at radius 1 is 0.977 bits per heavy atom. The van der Waals surface area contributed by atoms with Gasteiger partial charge in [0, 0.05) is 66.1 Å². The molecular weight excluding hydrogens is 554 g/mol. The lowest BCUT2D eigenvalue weighted by atomic mass is 9.69. The van der Waals surface area contributed by atoms with Crippen molar-refractivity contribution in [3.63, 3.8) is 0 Å². The van der Waals surface area contributed by atoms with E-state index in [1.807, 2.05) is 36.5 Å². The molecule has 2 aromatic carbocycles. The number of fused-ring (bicyclic) bond motifs is 1. The molecule has 224 valence electrons. The molecule has 9 heteroatoms. The second-order valence-corrected chi connectivity index (χ2v) is 13.2. The van der Waals surface area contributed by atoms with E-state index in [0.29, 0.717) is 24.3 Å². The summed E-state index contributed by atoms with van der Waals surface area (Å²) in [5, 5.41) is 5.36. The fourth-order valence-corrected chi connectivity index (χ4v) is 7.88. The number of nitrogens with one attached hydrogen (secondary N) is 1. The molecule has 1 atom stereocenters. The quantitative estimate of drug-likeness (QED) is 0.334. The molecule has 4 amide bonds. The zero-order valence-electron chi connectivity index (χ0n) is 24.8. The van der Waals surface area contributed by atoms with Gasteiger partial charge >= 0.3 is 0 Å². The van der Waals surface area contributed by atoms with E-state index in [4.69, 9.17) is 4.98 Å². The van der Waals surface area contributed by atoms with Gasteiger partial charge in [0.05, 0.1) is 5.69 Å². The molecule has 9 nitrogen and oxygen atoms in total.